The SMILES string of the molecule is C=CCc1ccc2cc(-c3ccc(/C=C/CCCC(C)OCCCCC)cc3)ccc2c1. The molecule has 0 aliphatic heterocycles. The number of unbranched alkanes of at least 4 members (excludes halogenated alkanes) is 3. The van der Waals surface area contributed by atoms with Gasteiger partial charge in [-0.1, -0.05) is 92.6 Å². The summed E-state index contributed by atoms with van der Waals surface area (Å²) in [6.45, 7) is 9.17. The molecule has 0 radical (unpaired) electrons. The first-order valence-electron chi connectivity index (χ1n) is 12.2. The van der Waals surface area contributed by atoms with Crippen LogP contribution in [0.15, 0.2) is 79.4 Å². The number of benzene rings is 3. The van der Waals surface area contributed by atoms with Gasteiger partial charge in [0.1, 0.15) is 0 Å². The summed E-state index contributed by atoms with van der Waals surface area (Å²) in [6.07, 6.45) is 14.9. The Labute approximate surface area is 194 Å². The summed E-state index contributed by atoms with van der Waals surface area (Å²) in [4.78, 5) is 0. The van der Waals surface area contributed by atoms with E-state index in [-0.39, 0.29) is 0 Å². The van der Waals surface area contributed by atoms with Crippen LogP contribution in [-0.4, -0.2) is 12.7 Å². The molecule has 0 amide bonds. The van der Waals surface area contributed by atoms with Gasteiger partial charge >= 0.3 is 0 Å². The minimum atomic E-state index is 0.370. The van der Waals surface area contributed by atoms with Crippen molar-refractivity contribution in [1.82, 2.24) is 0 Å². The van der Waals surface area contributed by atoms with E-state index >= 15 is 0 Å². The lowest BCUT2D eigenvalue weighted by Crippen LogP contribution is -2.08. The summed E-state index contributed by atoms with van der Waals surface area (Å²) >= 11 is 0. The van der Waals surface area contributed by atoms with Gasteiger partial charge in [0.25, 0.3) is 0 Å². The van der Waals surface area contributed by atoms with Crippen LogP contribution in [0.25, 0.3) is 28.0 Å². The van der Waals surface area contributed by atoms with Crippen molar-refractivity contribution in [2.75, 3.05) is 6.61 Å². The van der Waals surface area contributed by atoms with Crippen LogP contribution in [0.2, 0.25) is 0 Å². The molecule has 1 heteroatoms. The average molecular weight is 427 g/mol. The Morgan fingerprint density at radius 3 is 2.41 bits per heavy atom. The average Bonchev–Trinajstić information content (AvgIpc) is 2.82. The molecule has 0 saturated carbocycles. The molecule has 3 aromatic carbocycles. The van der Waals surface area contributed by atoms with E-state index < -0.39 is 0 Å². The van der Waals surface area contributed by atoms with Gasteiger partial charge < -0.3 is 4.74 Å². The Morgan fingerprint density at radius 2 is 1.62 bits per heavy atom. The quantitative estimate of drug-likeness (QED) is 0.196. The first kappa shape index (κ1) is 24.0. The molecule has 1 atom stereocenters. The van der Waals surface area contributed by atoms with Crippen LogP contribution < -0.4 is 0 Å². The van der Waals surface area contributed by atoms with Crippen molar-refractivity contribution in [2.45, 2.75) is 64.9 Å². The Hall–Kier alpha value is -2.64. The lowest BCUT2D eigenvalue weighted by atomic mass is 9.98. The van der Waals surface area contributed by atoms with E-state index in [4.69, 9.17) is 4.74 Å². The fourth-order valence-corrected chi connectivity index (χ4v) is 4.02. The third kappa shape index (κ3) is 7.50. The van der Waals surface area contributed by atoms with Crippen molar-refractivity contribution < 1.29 is 4.74 Å². The van der Waals surface area contributed by atoms with Gasteiger partial charge in [-0.15, -0.1) is 6.58 Å². The molecule has 32 heavy (non-hydrogen) atoms. The molecule has 0 heterocycles. The smallest absolute Gasteiger partial charge is 0.0547 e. The zero-order chi connectivity index (χ0) is 22.6. The van der Waals surface area contributed by atoms with Gasteiger partial charge in [0.15, 0.2) is 0 Å². The summed E-state index contributed by atoms with van der Waals surface area (Å²) < 4.78 is 5.88. The van der Waals surface area contributed by atoms with Crippen LogP contribution in [0.4, 0.5) is 0 Å². The topological polar surface area (TPSA) is 9.23 Å². The minimum absolute atomic E-state index is 0.370. The second-order valence-electron chi connectivity index (χ2n) is 8.73. The lowest BCUT2D eigenvalue weighted by Gasteiger charge is -2.12. The number of allylic oxidation sites excluding steroid dienone is 2. The zero-order valence-electron chi connectivity index (χ0n) is 19.9. The predicted octanol–water partition coefficient (Wildman–Crippen LogP) is 9.01. The number of rotatable bonds is 13. The molecule has 3 rings (SSSR count). The van der Waals surface area contributed by atoms with Crippen LogP contribution in [-0.2, 0) is 11.2 Å². The van der Waals surface area contributed by atoms with Crippen molar-refractivity contribution in [3.8, 4) is 11.1 Å². The van der Waals surface area contributed by atoms with Gasteiger partial charge in [-0.2, -0.15) is 0 Å². The molecule has 0 N–H and O–H groups in total. The first-order valence-corrected chi connectivity index (χ1v) is 12.2. The van der Waals surface area contributed by atoms with E-state index in [0.29, 0.717) is 6.10 Å². The molecule has 0 spiro atoms. The number of ether oxygens (including phenoxy) is 1. The summed E-state index contributed by atoms with van der Waals surface area (Å²) in [5.74, 6) is 0. The molecule has 0 saturated heterocycles. The van der Waals surface area contributed by atoms with Crippen molar-refractivity contribution in [2.24, 2.45) is 0 Å². The Kier molecular flexibility index (Phi) is 9.78. The molecule has 0 bridgehead atoms. The number of hydrogen-bond acceptors (Lipinski definition) is 1. The minimum Gasteiger partial charge on any atom is -0.379 e. The molecule has 1 unspecified atom stereocenters. The number of hydrogen-bond donors (Lipinski definition) is 0. The van der Waals surface area contributed by atoms with E-state index in [1.165, 1.54) is 58.7 Å². The van der Waals surface area contributed by atoms with Crippen LogP contribution in [0.1, 0.15) is 63.5 Å². The Morgan fingerprint density at radius 1 is 0.875 bits per heavy atom. The molecule has 1 nitrogen and oxygen atoms in total. The van der Waals surface area contributed by atoms with Gasteiger partial charge in [0, 0.05) is 6.61 Å². The summed E-state index contributed by atoms with van der Waals surface area (Å²) in [5, 5.41) is 2.57. The van der Waals surface area contributed by atoms with E-state index in [1.54, 1.807) is 0 Å². The van der Waals surface area contributed by atoms with Crippen LogP contribution in [0.3, 0.4) is 0 Å². The largest absolute Gasteiger partial charge is 0.379 e. The monoisotopic (exact) mass is 426 g/mol. The maximum Gasteiger partial charge on any atom is 0.0547 e. The predicted molar refractivity (Wildman–Crippen MR) is 141 cm³/mol. The number of fused-ring (bicyclic) bond motifs is 1. The standard InChI is InChI=1S/C31H38O/c1-4-6-10-22-32-25(3)12-8-7-9-13-26-14-17-28(18-15-26)30-21-20-29-23-27(11-5-2)16-19-31(29)24-30/h5,9,13-21,23-25H,2,4,6-8,10-12,22H2,1,3H3/b13-9+. The highest BCUT2D eigenvalue weighted by molar-refractivity contribution is 5.88. The van der Waals surface area contributed by atoms with Gasteiger partial charge in [0.05, 0.1) is 6.10 Å². The molecular weight excluding hydrogens is 388 g/mol. The van der Waals surface area contributed by atoms with Gasteiger partial charge in [-0.3, -0.25) is 0 Å². The molecule has 168 valence electrons. The van der Waals surface area contributed by atoms with Gasteiger partial charge in [0.2, 0.25) is 0 Å². The maximum atomic E-state index is 5.88. The molecule has 0 aromatic heterocycles. The third-order valence-corrected chi connectivity index (χ3v) is 5.97. The second-order valence-corrected chi connectivity index (χ2v) is 8.73. The molecule has 0 aliphatic carbocycles. The van der Waals surface area contributed by atoms with E-state index in [2.05, 4.69) is 93.2 Å². The molecule has 0 fully saturated rings. The molecular formula is C31H38O. The Bertz CT molecular complexity index is 997. The van der Waals surface area contributed by atoms with E-state index in [9.17, 15) is 0 Å². The summed E-state index contributed by atoms with van der Waals surface area (Å²) in [6, 6.07) is 22.3. The fraction of sp³-hybridized carbons (Fsp3) is 0.355. The fourth-order valence-electron chi connectivity index (χ4n) is 4.02. The highest BCUT2D eigenvalue weighted by Crippen LogP contribution is 2.26. The van der Waals surface area contributed by atoms with Crippen LogP contribution in [0.5, 0.6) is 0 Å². The first-order chi connectivity index (χ1) is 15.7. The Balaban J connectivity index is 1.49. The summed E-state index contributed by atoms with van der Waals surface area (Å²) in [5.41, 5.74) is 5.09. The van der Waals surface area contributed by atoms with Crippen molar-refractivity contribution in [3.05, 3.63) is 90.5 Å². The van der Waals surface area contributed by atoms with Crippen LogP contribution >= 0.6 is 0 Å². The van der Waals surface area contributed by atoms with Crippen molar-refractivity contribution in [3.63, 3.8) is 0 Å². The molecule has 0 aliphatic rings. The van der Waals surface area contributed by atoms with Crippen LogP contribution in [0, 0.1) is 0 Å². The van der Waals surface area contributed by atoms with Gasteiger partial charge in [-0.05, 0) is 78.1 Å². The maximum absolute atomic E-state index is 5.88. The van der Waals surface area contributed by atoms with E-state index in [1.807, 2.05) is 6.08 Å². The van der Waals surface area contributed by atoms with E-state index in [0.717, 1.165) is 25.9 Å². The van der Waals surface area contributed by atoms with Crippen molar-refractivity contribution in [1.29, 1.82) is 0 Å². The summed E-state index contributed by atoms with van der Waals surface area (Å²) in [7, 11) is 0. The van der Waals surface area contributed by atoms with Crippen molar-refractivity contribution >= 4 is 16.8 Å². The highest BCUT2D eigenvalue weighted by atomic mass is 16.5. The van der Waals surface area contributed by atoms with Gasteiger partial charge in [-0.25, -0.2) is 0 Å². The third-order valence-electron chi connectivity index (χ3n) is 5.97. The highest BCUT2D eigenvalue weighted by Gasteiger charge is 2.02. The zero-order valence-corrected chi connectivity index (χ0v) is 19.9. The molecule has 3 aromatic rings. The normalized spacial score (nSPS) is 12.4. The second kappa shape index (κ2) is 13.0. The lowest BCUT2D eigenvalue weighted by molar-refractivity contribution is 0.0566.